The van der Waals surface area contributed by atoms with Crippen LogP contribution in [0.4, 0.5) is 0 Å². The molecule has 0 bridgehead atoms. The van der Waals surface area contributed by atoms with E-state index in [0.29, 0.717) is 12.5 Å². The van der Waals surface area contributed by atoms with Crippen molar-refractivity contribution in [1.29, 1.82) is 0 Å². The minimum Gasteiger partial charge on any atom is -0.344 e. The molecule has 0 aromatic heterocycles. The number of rotatable bonds is 3. The van der Waals surface area contributed by atoms with E-state index in [1.165, 1.54) is 12.8 Å². The first-order chi connectivity index (χ1) is 6.88. The van der Waals surface area contributed by atoms with Crippen molar-refractivity contribution in [2.24, 2.45) is 5.41 Å². The SMILES string of the molecule is CN(CC1CCCN1)C(=O)CC(C)(C)C. The molecule has 1 atom stereocenters. The third-order valence-corrected chi connectivity index (χ3v) is 2.76. The molecule has 3 nitrogen and oxygen atoms in total. The molecule has 0 radical (unpaired) electrons. The molecule has 1 unspecified atom stereocenters. The van der Waals surface area contributed by atoms with Gasteiger partial charge in [-0.05, 0) is 24.8 Å². The van der Waals surface area contributed by atoms with Crippen LogP contribution in [0.5, 0.6) is 0 Å². The Bertz CT molecular complexity index is 214. The molecule has 1 aliphatic rings. The highest BCUT2D eigenvalue weighted by Crippen LogP contribution is 2.19. The van der Waals surface area contributed by atoms with Gasteiger partial charge in [0.25, 0.3) is 0 Å². The first-order valence-corrected chi connectivity index (χ1v) is 5.86. The van der Waals surface area contributed by atoms with Crippen LogP contribution in [0.1, 0.15) is 40.0 Å². The third-order valence-electron chi connectivity index (χ3n) is 2.76. The fourth-order valence-electron chi connectivity index (χ4n) is 1.93. The van der Waals surface area contributed by atoms with Crippen molar-refractivity contribution in [3.63, 3.8) is 0 Å². The Morgan fingerprint density at radius 2 is 2.13 bits per heavy atom. The molecule has 88 valence electrons. The highest BCUT2D eigenvalue weighted by Gasteiger charge is 2.22. The van der Waals surface area contributed by atoms with Gasteiger partial charge in [-0.25, -0.2) is 0 Å². The van der Waals surface area contributed by atoms with Crippen molar-refractivity contribution in [2.45, 2.75) is 46.1 Å². The summed E-state index contributed by atoms with van der Waals surface area (Å²) < 4.78 is 0. The van der Waals surface area contributed by atoms with Crippen LogP contribution in [0.3, 0.4) is 0 Å². The van der Waals surface area contributed by atoms with Gasteiger partial charge in [0.05, 0.1) is 0 Å². The van der Waals surface area contributed by atoms with Crippen molar-refractivity contribution >= 4 is 5.91 Å². The fourth-order valence-corrected chi connectivity index (χ4v) is 1.93. The van der Waals surface area contributed by atoms with Gasteiger partial charge in [0.2, 0.25) is 5.91 Å². The normalized spacial score (nSPS) is 21.7. The molecule has 1 amide bonds. The van der Waals surface area contributed by atoms with E-state index in [0.717, 1.165) is 13.1 Å². The van der Waals surface area contributed by atoms with Gasteiger partial charge in [0, 0.05) is 26.1 Å². The number of carbonyl (C=O) groups excluding carboxylic acids is 1. The van der Waals surface area contributed by atoms with E-state index in [1.807, 2.05) is 11.9 Å². The van der Waals surface area contributed by atoms with Crippen LogP contribution < -0.4 is 5.32 Å². The summed E-state index contributed by atoms with van der Waals surface area (Å²) in [5.74, 6) is 0.260. The van der Waals surface area contributed by atoms with Crippen LogP contribution in [-0.4, -0.2) is 37.0 Å². The molecule has 0 saturated carbocycles. The molecule has 1 saturated heterocycles. The minimum atomic E-state index is 0.0917. The van der Waals surface area contributed by atoms with Gasteiger partial charge in [0.1, 0.15) is 0 Å². The van der Waals surface area contributed by atoms with Gasteiger partial charge >= 0.3 is 0 Å². The van der Waals surface area contributed by atoms with E-state index in [9.17, 15) is 4.79 Å². The molecule has 1 N–H and O–H groups in total. The predicted octanol–water partition coefficient (Wildman–Crippen LogP) is 1.63. The monoisotopic (exact) mass is 212 g/mol. The van der Waals surface area contributed by atoms with Crippen LogP contribution in [0.25, 0.3) is 0 Å². The maximum absolute atomic E-state index is 11.8. The predicted molar refractivity (Wildman–Crippen MR) is 62.7 cm³/mol. The summed E-state index contributed by atoms with van der Waals surface area (Å²) in [6, 6.07) is 0.513. The van der Waals surface area contributed by atoms with Crippen LogP contribution in [0, 0.1) is 5.41 Å². The summed E-state index contributed by atoms with van der Waals surface area (Å²) in [7, 11) is 1.91. The largest absolute Gasteiger partial charge is 0.344 e. The Morgan fingerprint density at radius 3 is 2.60 bits per heavy atom. The number of likely N-dealkylation sites (N-methyl/N-ethyl adjacent to an activating group) is 1. The Labute approximate surface area is 93.2 Å². The number of nitrogens with zero attached hydrogens (tertiary/aromatic N) is 1. The smallest absolute Gasteiger partial charge is 0.222 e. The van der Waals surface area contributed by atoms with Gasteiger partial charge in [-0.15, -0.1) is 0 Å². The summed E-state index contributed by atoms with van der Waals surface area (Å²) in [6.45, 7) is 8.27. The van der Waals surface area contributed by atoms with E-state index in [4.69, 9.17) is 0 Å². The molecule has 0 spiro atoms. The third kappa shape index (κ3) is 4.65. The Kier molecular flexibility index (Phi) is 4.14. The number of hydrogen-bond acceptors (Lipinski definition) is 2. The number of hydrogen-bond donors (Lipinski definition) is 1. The van der Waals surface area contributed by atoms with E-state index in [1.54, 1.807) is 0 Å². The van der Waals surface area contributed by atoms with Gasteiger partial charge in [0.15, 0.2) is 0 Å². The lowest BCUT2D eigenvalue weighted by atomic mass is 9.91. The lowest BCUT2D eigenvalue weighted by molar-refractivity contribution is -0.132. The summed E-state index contributed by atoms with van der Waals surface area (Å²) in [5.41, 5.74) is 0.0917. The maximum Gasteiger partial charge on any atom is 0.222 e. The number of nitrogens with one attached hydrogen (secondary N) is 1. The van der Waals surface area contributed by atoms with Crippen molar-refractivity contribution in [3.05, 3.63) is 0 Å². The molecule has 1 fully saturated rings. The average Bonchev–Trinajstić information content (AvgIpc) is 2.53. The summed E-state index contributed by atoms with van der Waals surface area (Å²) >= 11 is 0. The zero-order chi connectivity index (χ0) is 11.5. The van der Waals surface area contributed by atoms with Crippen LogP contribution >= 0.6 is 0 Å². The molecule has 0 aromatic rings. The van der Waals surface area contributed by atoms with Gasteiger partial charge in [-0.2, -0.15) is 0 Å². The first kappa shape index (κ1) is 12.5. The zero-order valence-corrected chi connectivity index (χ0v) is 10.5. The minimum absolute atomic E-state index is 0.0917. The van der Waals surface area contributed by atoms with E-state index in [2.05, 4.69) is 26.1 Å². The molecule has 0 aromatic carbocycles. The lowest BCUT2D eigenvalue weighted by Gasteiger charge is -2.25. The van der Waals surface area contributed by atoms with Crippen molar-refractivity contribution in [2.75, 3.05) is 20.1 Å². The molecule has 0 aliphatic carbocycles. The maximum atomic E-state index is 11.8. The first-order valence-electron chi connectivity index (χ1n) is 5.86. The summed E-state index contributed by atoms with van der Waals surface area (Å²) in [5, 5.41) is 3.41. The molecular weight excluding hydrogens is 188 g/mol. The van der Waals surface area contributed by atoms with Crippen LogP contribution in [0.15, 0.2) is 0 Å². The second-order valence-electron chi connectivity index (χ2n) is 5.80. The van der Waals surface area contributed by atoms with Crippen molar-refractivity contribution < 1.29 is 4.79 Å². The summed E-state index contributed by atoms with van der Waals surface area (Å²) in [4.78, 5) is 13.7. The highest BCUT2D eigenvalue weighted by atomic mass is 16.2. The molecule has 1 heterocycles. The standard InChI is InChI=1S/C12H24N2O/c1-12(2,3)8-11(15)14(4)9-10-6-5-7-13-10/h10,13H,5-9H2,1-4H3. The number of amides is 1. The number of carbonyl (C=O) groups is 1. The highest BCUT2D eigenvalue weighted by molar-refractivity contribution is 5.76. The van der Waals surface area contributed by atoms with Crippen LogP contribution in [0.2, 0.25) is 0 Å². The average molecular weight is 212 g/mol. The van der Waals surface area contributed by atoms with E-state index < -0.39 is 0 Å². The second-order valence-corrected chi connectivity index (χ2v) is 5.80. The topological polar surface area (TPSA) is 32.3 Å². The van der Waals surface area contributed by atoms with E-state index in [-0.39, 0.29) is 11.3 Å². The fraction of sp³-hybridized carbons (Fsp3) is 0.917. The molecule has 1 aliphatic heterocycles. The zero-order valence-electron chi connectivity index (χ0n) is 10.5. The second kappa shape index (κ2) is 4.97. The van der Waals surface area contributed by atoms with Gasteiger partial charge in [-0.1, -0.05) is 20.8 Å². The Morgan fingerprint density at radius 1 is 1.47 bits per heavy atom. The molecule has 3 heteroatoms. The molecular formula is C12H24N2O. The van der Waals surface area contributed by atoms with Crippen molar-refractivity contribution in [1.82, 2.24) is 10.2 Å². The quantitative estimate of drug-likeness (QED) is 0.771. The Balaban J connectivity index is 2.32. The Hall–Kier alpha value is -0.570. The summed E-state index contributed by atoms with van der Waals surface area (Å²) in [6.07, 6.45) is 3.08. The van der Waals surface area contributed by atoms with Crippen LogP contribution in [-0.2, 0) is 4.79 Å². The molecule has 1 rings (SSSR count). The van der Waals surface area contributed by atoms with Gasteiger partial charge < -0.3 is 10.2 Å². The lowest BCUT2D eigenvalue weighted by Crippen LogP contribution is -2.39. The van der Waals surface area contributed by atoms with Crippen molar-refractivity contribution in [3.8, 4) is 0 Å². The molecule has 15 heavy (non-hydrogen) atoms. The van der Waals surface area contributed by atoms with Gasteiger partial charge in [-0.3, -0.25) is 4.79 Å². The van der Waals surface area contributed by atoms with E-state index >= 15 is 0 Å².